The van der Waals surface area contributed by atoms with E-state index in [1.165, 1.54) is 0 Å². The fourth-order valence-electron chi connectivity index (χ4n) is 2.55. The lowest BCUT2D eigenvalue weighted by Gasteiger charge is -2.13. The molecule has 6 nitrogen and oxygen atoms in total. The molecule has 1 fully saturated rings. The lowest BCUT2D eigenvalue weighted by molar-refractivity contribution is 0.241. The van der Waals surface area contributed by atoms with Crippen LogP contribution in [0, 0.1) is 11.8 Å². The largest absolute Gasteiger partial charge is 0.336 e. The van der Waals surface area contributed by atoms with Crippen molar-refractivity contribution in [3.8, 4) is 11.8 Å². The summed E-state index contributed by atoms with van der Waals surface area (Å²) in [6, 6.07) is 16.9. The van der Waals surface area contributed by atoms with Crippen molar-refractivity contribution in [2.45, 2.75) is 6.54 Å². The van der Waals surface area contributed by atoms with Gasteiger partial charge in [-0.1, -0.05) is 42.2 Å². The average molecular weight is 348 g/mol. The van der Waals surface area contributed by atoms with Gasteiger partial charge in [-0.2, -0.15) is 0 Å². The summed E-state index contributed by atoms with van der Waals surface area (Å²) < 4.78 is 0. The number of benzene rings is 2. The maximum atomic E-state index is 11.7. The zero-order valence-corrected chi connectivity index (χ0v) is 14.3. The Morgan fingerprint density at radius 2 is 1.85 bits per heavy atom. The van der Waals surface area contributed by atoms with E-state index < -0.39 is 0 Å². The molecule has 0 bridgehead atoms. The SMILES string of the molecule is O=C(NCC#Cc1ccc(N2CCNC2=O)cc1)NCc1ccccc1. The molecule has 3 rings (SSSR count). The van der Waals surface area contributed by atoms with Crippen molar-refractivity contribution >= 4 is 17.7 Å². The van der Waals surface area contributed by atoms with Gasteiger partial charge in [0.25, 0.3) is 0 Å². The van der Waals surface area contributed by atoms with Crippen LogP contribution in [0.5, 0.6) is 0 Å². The van der Waals surface area contributed by atoms with Gasteiger partial charge in [0.1, 0.15) is 0 Å². The topological polar surface area (TPSA) is 73.5 Å². The number of anilines is 1. The minimum absolute atomic E-state index is 0.0745. The van der Waals surface area contributed by atoms with Crippen molar-refractivity contribution in [1.82, 2.24) is 16.0 Å². The van der Waals surface area contributed by atoms with Crippen LogP contribution >= 0.6 is 0 Å². The average Bonchev–Trinajstić information content (AvgIpc) is 3.11. The van der Waals surface area contributed by atoms with Crippen molar-refractivity contribution in [2.75, 3.05) is 24.5 Å². The molecule has 26 heavy (non-hydrogen) atoms. The number of nitrogens with one attached hydrogen (secondary N) is 3. The van der Waals surface area contributed by atoms with Crippen molar-refractivity contribution in [3.63, 3.8) is 0 Å². The molecule has 0 aromatic heterocycles. The molecule has 4 amide bonds. The number of nitrogens with zero attached hydrogens (tertiary/aromatic N) is 1. The van der Waals surface area contributed by atoms with Crippen molar-refractivity contribution in [1.29, 1.82) is 0 Å². The molecule has 1 heterocycles. The predicted molar refractivity (Wildman–Crippen MR) is 101 cm³/mol. The van der Waals surface area contributed by atoms with Crippen LogP contribution in [-0.2, 0) is 6.54 Å². The first-order valence-electron chi connectivity index (χ1n) is 8.42. The summed E-state index contributed by atoms with van der Waals surface area (Å²) in [4.78, 5) is 25.0. The number of amides is 4. The van der Waals surface area contributed by atoms with Gasteiger partial charge in [-0.3, -0.25) is 4.90 Å². The molecule has 0 aliphatic carbocycles. The Hall–Kier alpha value is -3.46. The smallest absolute Gasteiger partial charge is 0.321 e. The molecular weight excluding hydrogens is 328 g/mol. The maximum absolute atomic E-state index is 11.7. The Balaban J connectivity index is 1.43. The molecule has 1 saturated heterocycles. The van der Waals surface area contributed by atoms with Crippen LogP contribution in [0.1, 0.15) is 11.1 Å². The number of carbonyl (C=O) groups excluding carboxylic acids is 2. The van der Waals surface area contributed by atoms with Gasteiger partial charge in [-0.25, -0.2) is 9.59 Å². The molecule has 0 radical (unpaired) electrons. The molecular formula is C20H20N4O2. The highest BCUT2D eigenvalue weighted by molar-refractivity contribution is 5.94. The summed E-state index contributed by atoms with van der Waals surface area (Å²) in [7, 11) is 0. The number of hydrogen-bond acceptors (Lipinski definition) is 2. The number of urea groups is 2. The first-order chi connectivity index (χ1) is 12.7. The Labute approximate surface area is 152 Å². The Morgan fingerprint density at radius 3 is 2.54 bits per heavy atom. The highest BCUT2D eigenvalue weighted by atomic mass is 16.2. The van der Waals surface area contributed by atoms with Gasteiger partial charge < -0.3 is 16.0 Å². The minimum atomic E-state index is -0.251. The monoisotopic (exact) mass is 348 g/mol. The Kier molecular flexibility index (Phi) is 5.73. The maximum Gasteiger partial charge on any atom is 0.321 e. The fraction of sp³-hybridized carbons (Fsp3) is 0.200. The summed E-state index contributed by atoms with van der Waals surface area (Å²) in [5.74, 6) is 5.90. The second-order valence-corrected chi connectivity index (χ2v) is 5.75. The predicted octanol–water partition coefficient (Wildman–Crippen LogP) is 2.07. The highest BCUT2D eigenvalue weighted by Crippen LogP contribution is 2.16. The second kappa shape index (κ2) is 8.58. The van der Waals surface area contributed by atoms with Gasteiger partial charge in [0.15, 0.2) is 0 Å². The third-order valence-corrected chi connectivity index (χ3v) is 3.90. The van der Waals surface area contributed by atoms with Crippen LogP contribution in [0.15, 0.2) is 54.6 Å². The molecule has 1 aliphatic heterocycles. The molecule has 0 atom stereocenters. The highest BCUT2D eigenvalue weighted by Gasteiger charge is 2.20. The van der Waals surface area contributed by atoms with Crippen LogP contribution in [0.3, 0.4) is 0 Å². The van der Waals surface area contributed by atoms with E-state index in [9.17, 15) is 9.59 Å². The molecule has 3 N–H and O–H groups in total. The van der Waals surface area contributed by atoms with E-state index in [1.807, 2.05) is 54.6 Å². The summed E-state index contributed by atoms with van der Waals surface area (Å²) in [6.07, 6.45) is 0. The standard InChI is InChI=1S/C20H20N4O2/c25-19(23-15-17-5-2-1-3-6-17)21-12-4-7-16-8-10-18(11-9-16)24-14-13-22-20(24)26/h1-3,5-6,8-11H,12-15H2,(H,22,26)(H2,21,23,25). The first-order valence-corrected chi connectivity index (χ1v) is 8.42. The summed E-state index contributed by atoms with van der Waals surface area (Å²) >= 11 is 0. The molecule has 2 aromatic carbocycles. The van der Waals surface area contributed by atoms with Gasteiger partial charge in [0.2, 0.25) is 0 Å². The summed E-state index contributed by atoms with van der Waals surface area (Å²) in [5.41, 5.74) is 2.73. The van der Waals surface area contributed by atoms with Gasteiger partial charge in [0.05, 0.1) is 6.54 Å². The van der Waals surface area contributed by atoms with E-state index in [0.717, 1.165) is 16.8 Å². The van der Waals surface area contributed by atoms with E-state index in [4.69, 9.17) is 0 Å². The van der Waals surface area contributed by atoms with Crippen LogP contribution in [-0.4, -0.2) is 31.7 Å². The van der Waals surface area contributed by atoms with Crippen LogP contribution in [0.2, 0.25) is 0 Å². The quantitative estimate of drug-likeness (QED) is 0.740. The first kappa shape index (κ1) is 17.4. The van der Waals surface area contributed by atoms with Crippen LogP contribution in [0.25, 0.3) is 0 Å². The molecule has 0 unspecified atom stereocenters. The van der Waals surface area contributed by atoms with Crippen LogP contribution in [0.4, 0.5) is 15.3 Å². The molecule has 0 spiro atoms. The van der Waals surface area contributed by atoms with Gasteiger partial charge in [-0.05, 0) is 29.8 Å². The zero-order chi connectivity index (χ0) is 18.2. The van der Waals surface area contributed by atoms with Crippen molar-refractivity contribution in [3.05, 3.63) is 65.7 Å². The van der Waals surface area contributed by atoms with Crippen molar-refractivity contribution in [2.24, 2.45) is 0 Å². The third kappa shape index (κ3) is 4.77. The van der Waals surface area contributed by atoms with E-state index in [0.29, 0.717) is 19.6 Å². The fourth-order valence-corrected chi connectivity index (χ4v) is 2.55. The van der Waals surface area contributed by atoms with E-state index in [2.05, 4.69) is 27.8 Å². The lowest BCUT2D eigenvalue weighted by Crippen LogP contribution is -2.35. The lowest BCUT2D eigenvalue weighted by atomic mass is 10.2. The van der Waals surface area contributed by atoms with E-state index in [-0.39, 0.29) is 18.6 Å². The van der Waals surface area contributed by atoms with Crippen LogP contribution < -0.4 is 20.9 Å². The molecule has 6 heteroatoms. The minimum Gasteiger partial charge on any atom is -0.336 e. The number of carbonyl (C=O) groups is 2. The normalized spacial score (nSPS) is 12.8. The molecule has 0 saturated carbocycles. The molecule has 132 valence electrons. The number of rotatable bonds is 4. The zero-order valence-electron chi connectivity index (χ0n) is 14.3. The molecule has 2 aromatic rings. The van der Waals surface area contributed by atoms with Gasteiger partial charge in [-0.15, -0.1) is 0 Å². The Morgan fingerprint density at radius 1 is 1.08 bits per heavy atom. The summed E-state index contributed by atoms with van der Waals surface area (Å²) in [5, 5.41) is 8.25. The molecule has 1 aliphatic rings. The Bertz CT molecular complexity index is 822. The summed E-state index contributed by atoms with van der Waals surface area (Å²) in [6.45, 7) is 2.08. The van der Waals surface area contributed by atoms with Crippen molar-refractivity contribution < 1.29 is 9.59 Å². The van der Waals surface area contributed by atoms with E-state index >= 15 is 0 Å². The second-order valence-electron chi connectivity index (χ2n) is 5.75. The number of hydrogen-bond donors (Lipinski definition) is 3. The van der Waals surface area contributed by atoms with Gasteiger partial charge in [0, 0.05) is 30.9 Å². The van der Waals surface area contributed by atoms with E-state index in [1.54, 1.807) is 4.90 Å². The third-order valence-electron chi connectivity index (χ3n) is 3.90. The van der Waals surface area contributed by atoms with Gasteiger partial charge >= 0.3 is 12.1 Å².